The molecule has 1 N–H and O–H groups in total. The van der Waals surface area contributed by atoms with Crippen LogP contribution < -0.4 is 14.6 Å². The normalized spacial score (nSPS) is 11.3. The van der Waals surface area contributed by atoms with Gasteiger partial charge in [-0.15, -0.1) is 0 Å². The molecule has 0 aliphatic heterocycles. The molecule has 0 bridgehead atoms. The molecule has 0 spiro atoms. The van der Waals surface area contributed by atoms with E-state index < -0.39 is 0 Å². The van der Waals surface area contributed by atoms with Gasteiger partial charge >= 0.3 is 0 Å². The summed E-state index contributed by atoms with van der Waals surface area (Å²) in [6.07, 6.45) is 0. The largest absolute Gasteiger partial charge is 0.497 e. The monoisotopic (exact) mass is 355 g/mol. The Morgan fingerprint density at radius 3 is 2.33 bits per heavy atom. The van der Waals surface area contributed by atoms with Crippen LogP contribution in [0.1, 0.15) is 0 Å². The molecule has 5 aromatic rings. The summed E-state index contributed by atoms with van der Waals surface area (Å²) in [5.74, 6) is 0.832. The molecule has 132 valence electrons. The molecule has 0 aliphatic carbocycles. The summed E-state index contributed by atoms with van der Waals surface area (Å²) in [6, 6.07) is 24.4. The molecule has 4 nitrogen and oxygen atoms in total. The van der Waals surface area contributed by atoms with Gasteiger partial charge in [0.25, 0.3) is 5.52 Å². The van der Waals surface area contributed by atoms with E-state index in [4.69, 9.17) is 9.15 Å². The van der Waals surface area contributed by atoms with Crippen molar-refractivity contribution in [3.8, 4) is 5.75 Å². The molecular weight excluding hydrogens is 336 g/mol. The maximum Gasteiger partial charge on any atom is 0.261 e. The molecule has 0 radical (unpaired) electrons. The van der Waals surface area contributed by atoms with Crippen LogP contribution in [-0.2, 0) is 7.05 Å². The van der Waals surface area contributed by atoms with Crippen LogP contribution in [0.25, 0.3) is 33.0 Å². The third-order valence-corrected chi connectivity index (χ3v) is 5.03. The molecular formula is C23H19N2O2+. The summed E-state index contributed by atoms with van der Waals surface area (Å²) >= 11 is 0. The number of methoxy groups -OCH3 is 1. The number of nitrogens with zero attached hydrogens (tertiary/aromatic N) is 1. The predicted octanol–water partition coefficient (Wildman–Crippen LogP) is 5.32. The number of furan rings is 1. The van der Waals surface area contributed by atoms with Gasteiger partial charge in [0.05, 0.1) is 17.9 Å². The van der Waals surface area contributed by atoms with Gasteiger partial charge in [-0.25, -0.2) is 0 Å². The second-order valence-electron chi connectivity index (χ2n) is 6.58. The Balaban J connectivity index is 1.83. The first-order valence-electron chi connectivity index (χ1n) is 8.89. The highest BCUT2D eigenvalue weighted by Gasteiger charge is 2.24. The van der Waals surface area contributed by atoms with Crippen LogP contribution in [-0.4, -0.2) is 7.11 Å². The fourth-order valence-corrected chi connectivity index (χ4v) is 3.70. The average molecular weight is 355 g/mol. The van der Waals surface area contributed by atoms with Crippen LogP contribution in [0, 0.1) is 0 Å². The van der Waals surface area contributed by atoms with Crippen LogP contribution in [0.15, 0.2) is 77.2 Å². The Hall–Kier alpha value is -3.53. The number of anilines is 2. The minimum Gasteiger partial charge on any atom is -0.497 e. The lowest BCUT2D eigenvalue weighted by Gasteiger charge is -2.10. The van der Waals surface area contributed by atoms with E-state index in [2.05, 4.69) is 47.3 Å². The van der Waals surface area contributed by atoms with Crippen molar-refractivity contribution in [2.24, 2.45) is 7.05 Å². The zero-order valence-corrected chi connectivity index (χ0v) is 15.2. The van der Waals surface area contributed by atoms with E-state index in [0.717, 1.165) is 50.1 Å². The quantitative estimate of drug-likeness (QED) is 0.445. The minimum atomic E-state index is 0.832. The Morgan fingerprint density at radius 2 is 1.56 bits per heavy atom. The minimum absolute atomic E-state index is 0.832. The summed E-state index contributed by atoms with van der Waals surface area (Å²) in [5.41, 5.74) is 5.92. The van der Waals surface area contributed by atoms with Crippen molar-refractivity contribution < 1.29 is 13.7 Å². The molecule has 4 heteroatoms. The first-order chi connectivity index (χ1) is 13.3. The predicted molar refractivity (Wildman–Crippen MR) is 109 cm³/mol. The number of para-hydroxylation sites is 2. The van der Waals surface area contributed by atoms with Crippen LogP contribution >= 0.6 is 0 Å². The zero-order chi connectivity index (χ0) is 18.4. The fraction of sp³-hybridized carbons (Fsp3) is 0.0870. The summed E-state index contributed by atoms with van der Waals surface area (Å²) < 4.78 is 13.8. The van der Waals surface area contributed by atoms with E-state index >= 15 is 0 Å². The Labute approximate surface area is 156 Å². The number of rotatable bonds is 3. The SMILES string of the molecule is COc1ccc(Nc2c3ccccc3[n+](C)c3c2oc2ccccc23)cc1. The smallest absolute Gasteiger partial charge is 0.261 e. The van der Waals surface area contributed by atoms with E-state index in [9.17, 15) is 0 Å². The topological polar surface area (TPSA) is 38.3 Å². The average Bonchev–Trinajstić information content (AvgIpc) is 3.11. The number of hydrogen-bond donors (Lipinski definition) is 1. The van der Waals surface area contributed by atoms with Crippen LogP contribution in [0.2, 0.25) is 0 Å². The van der Waals surface area contributed by atoms with Crippen molar-refractivity contribution in [3.63, 3.8) is 0 Å². The van der Waals surface area contributed by atoms with Crippen molar-refractivity contribution in [2.75, 3.05) is 12.4 Å². The lowest BCUT2D eigenvalue weighted by atomic mass is 10.1. The highest BCUT2D eigenvalue weighted by atomic mass is 16.5. The molecule has 0 saturated heterocycles. The first-order valence-corrected chi connectivity index (χ1v) is 8.89. The number of hydrogen-bond acceptors (Lipinski definition) is 3. The highest BCUT2D eigenvalue weighted by molar-refractivity contribution is 6.11. The van der Waals surface area contributed by atoms with Gasteiger partial charge < -0.3 is 14.5 Å². The molecule has 2 heterocycles. The fourth-order valence-electron chi connectivity index (χ4n) is 3.70. The Morgan fingerprint density at radius 1 is 0.852 bits per heavy atom. The summed E-state index contributed by atoms with van der Waals surface area (Å²) in [5, 5.41) is 5.79. The van der Waals surface area contributed by atoms with Gasteiger partial charge in [-0.1, -0.05) is 24.3 Å². The standard InChI is InChI=1S/C23H18N2O2/c1-25-19-9-5-3-7-17(19)21(24-15-11-13-16(26-2)14-12-15)23-22(25)18-8-4-6-10-20(18)27-23/h3-14H,1-2H3/p+1. The molecule has 0 atom stereocenters. The van der Waals surface area contributed by atoms with Gasteiger partial charge in [0.2, 0.25) is 11.1 Å². The second kappa shape index (κ2) is 6.02. The molecule has 2 aromatic heterocycles. The lowest BCUT2D eigenvalue weighted by molar-refractivity contribution is -0.616. The van der Waals surface area contributed by atoms with Crippen molar-refractivity contribution in [3.05, 3.63) is 72.8 Å². The Kier molecular flexibility index (Phi) is 3.50. The third kappa shape index (κ3) is 2.41. The van der Waals surface area contributed by atoms with Crippen LogP contribution in [0.5, 0.6) is 5.75 Å². The van der Waals surface area contributed by atoms with Gasteiger partial charge in [0.1, 0.15) is 24.1 Å². The third-order valence-electron chi connectivity index (χ3n) is 5.03. The van der Waals surface area contributed by atoms with Crippen molar-refractivity contribution >= 4 is 44.3 Å². The number of fused-ring (bicyclic) bond motifs is 4. The molecule has 3 aromatic carbocycles. The van der Waals surface area contributed by atoms with Crippen molar-refractivity contribution in [1.82, 2.24) is 0 Å². The van der Waals surface area contributed by atoms with Crippen molar-refractivity contribution in [2.45, 2.75) is 0 Å². The highest BCUT2D eigenvalue weighted by Crippen LogP contribution is 2.37. The van der Waals surface area contributed by atoms with Gasteiger partial charge in [0.15, 0.2) is 0 Å². The van der Waals surface area contributed by atoms with Gasteiger partial charge in [0, 0.05) is 11.8 Å². The van der Waals surface area contributed by atoms with E-state index in [0.29, 0.717) is 0 Å². The summed E-state index contributed by atoms with van der Waals surface area (Å²) in [4.78, 5) is 0. The van der Waals surface area contributed by atoms with E-state index in [1.807, 2.05) is 42.5 Å². The van der Waals surface area contributed by atoms with E-state index in [-0.39, 0.29) is 0 Å². The maximum atomic E-state index is 6.28. The molecule has 27 heavy (non-hydrogen) atoms. The molecule has 0 fully saturated rings. The maximum absolute atomic E-state index is 6.28. The molecule has 0 unspecified atom stereocenters. The van der Waals surface area contributed by atoms with Gasteiger partial charge in [-0.05, 0) is 42.5 Å². The molecule has 0 amide bonds. The Bertz CT molecular complexity index is 1290. The van der Waals surface area contributed by atoms with E-state index in [1.165, 1.54) is 0 Å². The second-order valence-corrected chi connectivity index (χ2v) is 6.58. The number of aromatic nitrogens is 1. The first kappa shape index (κ1) is 15.7. The van der Waals surface area contributed by atoms with Crippen LogP contribution in [0.4, 0.5) is 11.4 Å². The number of aryl methyl sites for hydroxylation is 1. The number of benzene rings is 3. The molecule has 5 rings (SSSR count). The summed E-state index contributed by atoms with van der Waals surface area (Å²) in [7, 11) is 3.76. The zero-order valence-electron chi connectivity index (χ0n) is 15.2. The summed E-state index contributed by atoms with van der Waals surface area (Å²) in [6.45, 7) is 0. The van der Waals surface area contributed by atoms with Crippen LogP contribution in [0.3, 0.4) is 0 Å². The molecule has 0 saturated carbocycles. The molecule has 0 aliphatic rings. The number of pyridine rings is 1. The van der Waals surface area contributed by atoms with Crippen molar-refractivity contribution in [1.29, 1.82) is 0 Å². The van der Waals surface area contributed by atoms with Gasteiger partial charge in [-0.2, -0.15) is 4.57 Å². The lowest BCUT2D eigenvalue weighted by Crippen LogP contribution is -2.30. The van der Waals surface area contributed by atoms with Gasteiger partial charge in [-0.3, -0.25) is 0 Å². The number of ether oxygens (including phenoxy) is 1. The number of nitrogens with one attached hydrogen (secondary N) is 1. The van der Waals surface area contributed by atoms with E-state index in [1.54, 1.807) is 7.11 Å².